The summed E-state index contributed by atoms with van der Waals surface area (Å²) in [5, 5.41) is -0.135. The van der Waals surface area contributed by atoms with Gasteiger partial charge in [-0.2, -0.15) is 0 Å². The normalized spacial score (nSPS) is 11.7. The summed E-state index contributed by atoms with van der Waals surface area (Å²) in [6.45, 7) is -4.87. The Bertz CT molecular complexity index is 278. The average molecular weight is 195 g/mol. The molecule has 0 aliphatic carbocycles. The van der Waals surface area contributed by atoms with Crippen LogP contribution in [-0.4, -0.2) is 16.9 Å². The van der Waals surface area contributed by atoms with Crippen molar-refractivity contribution in [3.05, 3.63) is 23.2 Å². The summed E-state index contributed by atoms with van der Waals surface area (Å²) < 4.78 is 35.6. The molecule has 0 aromatic carbocycles. The molecule has 12 heavy (non-hydrogen) atoms. The molecule has 1 rings (SSSR count). The van der Waals surface area contributed by atoms with Crippen molar-refractivity contribution in [2.75, 3.05) is 0 Å². The van der Waals surface area contributed by atoms with Gasteiger partial charge in [-0.1, -0.05) is 17.9 Å². The van der Waals surface area contributed by atoms with Gasteiger partial charge in [0.05, 0.1) is 0 Å². The van der Waals surface area contributed by atoms with E-state index in [0.717, 1.165) is 12.5 Å². The van der Waals surface area contributed by atoms with E-state index in [1.165, 1.54) is 0 Å². The molecule has 1 heterocycles. The Morgan fingerprint density at radius 1 is 1.42 bits per heavy atom. The van der Waals surface area contributed by atoms with E-state index in [-0.39, 0.29) is 10.7 Å². The van der Waals surface area contributed by atoms with Crippen molar-refractivity contribution in [1.29, 1.82) is 0 Å². The molecular weight excluding hydrogens is 191 g/mol. The summed E-state index contributed by atoms with van der Waals surface area (Å²) in [6, 6.07) is 0. The van der Waals surface area contributed by atoms with Gasteiger partial charge in [0.1, 0.15) is 11.5 Å². The smallest absolute Gasteiger partial charge is 0.449 e. The molecule has 1 aromatic rings. The first-order valence-corrected chi connectivity index (χ1v) is 3.52. The van der Waals surface area contributed by atoms with Crippen LogP contribution in [0.3, 0.4) is 0 Å². The Kier molecular flexibility index (Phi) is 2.57. The van der Waals surface area contributed by atoms with Gasteiger partial charge >= 0.3 is 6.98 Å². The van der Waals surface area contributed by atoms with Gasteiger partial charge in [0, 0.05) is 6.20 Å². The van der Waals surface area contributed by atoms with E-state index in [4.69, 9.17) is 11.6 Å². The Morgan fingerprint density at radius 2 is 2.08 bits per heavy atom. The third kappa shape index (κ3) is 2.69. The Balaban J connectivity index is 2.83. The van der Waals surface area contributed by atoms with E-state index in [1.807, 2.05) is 0 Å². The summed E-state index contributed by atoms with van der Waals surface area (Å²) >= 11 is 5.39. The third-order valence-corrected chi connectivity index (χ3v) is 1.52. The van der Waals surface area contributed by atoms with Crippen LogP contribution in [0.1, 0.15) is 5.56 Å². The van der Waals surface area contributed by atoms with E-state index >= 15 is 0 Å². The van der Waals surface area contributed by atoms with Crippen LogP contribution < -0.4 is 0 Å². The molecule has 0 fully saturated rings. The highest BCUT2D eigenvalue weighted by molar-refractivity contribution is 6.58. The van der Waals surface area contributed by atoms with Crippen LogP contribution in [0.25, 0.3) is 0 Å². The van der Waals surface area contributed by atoms with E-state index in [0.29, 0.717) is 0 Å². The molecule has 7 heteroatoms. The molecule has 0 saturated carbocycles. The zero-order valence-electron chi connectivity index (χ0n) is 5.85. The minimum Gasteiger partial charge on any atom is -0.449 e. The Hall–Kier alpha value is -0.775. The zero-order valence-corrected chi connectivity index (χ0v) is 6.60. The van der Waals surface area contributed by atoms with Crippen LogP contribution in [0.15, 0.2) is 12.5 Å². The Labute approximate surface area is 71.8 Å². The second-order valence-electron chi connectivity index (χ2n) is 2.25. The highest BCUT2D eigenvalue weighted by Crippen LogP contribution is 2.19. The largest absolute Gasteiger partial charge is 0.482 e. The maximum absolute atomic E-state index is 11.9. The molecule has 0 amide bonds. The predicted octanol–water partition coefficient (Wildman–Crippen LogP) is 2.06. The maximum Gasteiger partial charge on any atom is 0.482 e. The molecule has 0 radical (unpaired) electrons. The van der Waals surface area contributed by atoms with Gasteiger partial charge in [-0.15, -0.1) is 0 Å². The summed E-state index contributed by atoms with van der Waals surface area (Å²) in [6.07, 6.45) is 1.15. The second kappa shape index (κ2) is 3.31. The lowest BCUT2D eigenvalue weighted by atomic mass is 9.83. The van der Waals surface area contributed by atoms with Crippen molar-refractivity contribution < 1.29 is 12.9 Å². The van der Waals surface area contributed by atoms with Crippen LogP contribution in [0.4, 0.5) is 12.9 Å². The summed E-state index contributed by atoms with van der Waals surface area (Å²) in [7, 11) is 0. The Morgan fingerprint density at radius 3 is 2.58 bits per heavy atom. The summed E-state index contributed by atoms with van der Waals surface area (Å²) in [5.74, 6) is 0. The molecule has 0 aliphatic heterocycles. The molecule has 0 N–H and O–H groups in total. The molecule has 0 aliphatic rings. The van der Waals surface area contributed by atoms with Crippen LogP contribution in [0.5, 0.6) is 0 Å². The van der Waals surface area contributed by atoms with Gasteiger partial charge < -0.3 is 12.9 Å². The highest BCUT2D eigenvalue weighted by atomic mass is 35.5. The minimum atomic E-state index is -4.87. The SMILES string of the molecule is F[B-](F)(F)Cc1cncnc1Cl. The quantitative estimate of drug-likeness (QED) is 0.533. The molecule has 2 nitrogen and oxygen atoms in total. The monoisotopic (exact) mass is 195 g/mol. The molecular formula is C5H4BClF3N2-. The summed E-state index contributed by atoms with van der Waals surface area (Å²) in [5.41, 5.74) is -0.0772. The van der Waals surface area contributed by atoms with Crippen molar-refractivity contribution in [3.8, 4) is 0 Å². The second-order valence-corrected chi connectivity index (χ2v) is 2.61. The maximum atomic E-state index is 11.9. The number of hydrogen-bond acceptors (Lipinski definition) is 2. The molecule has 66 valence electrons. The summed E-state index contributed by atoms with van der Waals surface area (Å²) in [4.78, 5) is 6.87. The average Bonchev–Trinajstić information content (AvgIpc) is 1.91. The van der Waals surface area contributed by atoms with Crippen molar-refractivity contribution in [2.24, 2.45) is 0 Å². The molecule has 0 atom stereocenters. The van der Waals surface area contributed by atoms with Gasteiger partial charge in [-0.25, -0.2) is 9.97 Å². The standard InChI is InChI=1S/C5H4BClF3N2/c7-5-4(1-6(8,9)10)2-11-3-12-5/h2-3H,1H2/q-1. The van der Waals surface area contributed by atoms with Crippen LogP contribution in [0, 0.1) is 0 Å². The van der Waals surface area contributed by atoms with Gasteiger partial charge in [-0.05, 0) is 5.56 Å². The molecule has 1 aromatic heterocycles. The number of halogens is 4. The first kappa shape index (κ1) is 9.31. The fraction of sp³-hybridized carbons (Fsp3) is 0.200. The van der Waals surface area contributed by atoms with Gasteiger partial charge in [-0.3, -0.25) is 0 Å². The lowest BCUT2D eigenvalue weighted by Gasteiger charge is -2.12. The fourth-order valence-corrected chi connectivity index (χ4v) is 0.899. The first-order chi connectivity index (χ1) is 5.49. The van der Waals surface area contributed by atoms with Crippen molar-refractivity contribution in [1.82, 2.24) is 9.97 Å². The van der Waals surface area contributed by atoms with Crippen LogP contribution in [0.2, 0.25) is 5.15 Å². The molecule has 0 unspecified atom stereocenters. The predicted molar refractivity (Wildman–Crippen MR) is 39.8 cm³/mol. The van der Waals surface area contributed by atoms with E-state index < -0.39 is 13.3 Å². The third-order valence-electron chi connectivity index (χ3n) is 1.18. The minimum absolute atomic E-state index is 0.0772. The van der Waals surface area contributed by atoms with Gasteiger partial charge in [0.25, 0.3) is 0 Å². The fourth-order valence-electron chi connectivity index (χ4n) is 0.730. The highest BCUT2D eigenvalue weighted by Gasteiger charge is 2.24. The van der Waals surface area contributed by atoms with E-state index in [2.05, 4.69) is 9.97 Å². The topological polar surface area (TPSA) is 25.8 Å². The van der Waals surface area contributed by atoms with Gasteiger partial charge in [0.15, 0.2) is 0 Å². The van der Waals surface area contributed by atoms with Crippen molar-refractivity contribution in [2.45, 2.75) is 6.32 Å². The van der Waals surface area contributed by atoms with Gasteiger partial charge in [0.2, 0.25) is 0 Å². The van der Waals surface area contributed by atoms with Crippen LogP contribution in [-0.2, 0) is 6.32 Å². The number of aromatic nitrogens is 2. The molecule has 0 spiro atoms. The number of rotatable bonds is 2. The van der Waals surface area contributed by atoms with E-state index in [9.17, 15) is 12.9 Å². The van der Waals surface area contributed by atoms with Crippen LogP contribution >= 0.6 is 11.6 Å². The van der Waals surface area contributed by atoms with E-state index in [1.54, 1.807) is 0 Å². The van der Waals surface area contributed by atoms with Crippen molar-refractivity contribution in [3.63, 3.8) is 0 Å². The number of hydrogen-bond donors (Lipinski definition) is 0. The first-order valence-electron chi connectivity index (χ1n) is 3.14. The lowest BCUT2D eigenvalue weighted by molar-refractivity contribution is 0.468. The zero-order chi connectivity index (χ0) is 9.19. The van der Waals surface area contributed by atoms with Crippen molar-refractivity contribution >= 4 is 18.6 Å². The number of nitrogens with zero attached hydrogens (tertiary/aromatic N) is 2. The lowest BCUT2D eigenvalue weighted by Crippen LogP contribution is -2.19. The molecule has 0 bridgehead atoms. The molecule has 0 saturated heterocycles.